The molecule has 0 bridgehead atoms. The molecule has 0 saturated heterocycles. The number of pyridine rings is 1. The molecule has 32 heavy (non-hydrogen) atoms. The number of nitrogens with zero attached hydrogens (tertiary/aromatic N) is 2. The molecule has 0 aliphatic heterocycles. The largest absolute Gasteiger partial charge is 0.493 e. The van der Waals surface area contributed by atoms with Crippen molar-refractivity contribution in [3.63, 3.8) is 0 Å². The summed E-state index contributed by atoms with van der Waals surface area (Å²) in [6, 6.07) is 20.5. The molecule has 0 amide bonds. The molecule has 3 aromatic heterocycles. The minimum Gasteiger partial charge on any atom is -0.493 e. The molecule has 7 heteroatoms. The number of para-hydroxylation sites is 1. The Morgan fingerprint density at radius 2 is 1.91 bits per heavy atom. The van der Waals surface area contributed by atoms with Crippen LogP contribution in [0.4, 0.5) is 0 Å². The first-order valence-electron chi connectivity index (χ1n) is 9.94. The highest BCUT2D eigenvalue weighted by molar-refractivity contribution is 9.10. The van der Waals surface area contributed by atoms with Crippen molar-refractivity contribution >= 4 is 38.3 Å². The zero-order valence-corrected chi connectivity index (χ0v) is 18.7. The second-order valence-electron chi connectivity index (χ2n) is 7.32. The fourth-order valence-electron chi connectivity index (χ4n) is 3.83. The van der Waals surface area contributed by atoms with E-state index in [1.165, 1.54) is 7.11 Å². The Morgan fingerprint density at radius 3 is 2.69 bits per heavy atom. The van der Waals surface area contributed by atoms with Gasteiger partial charge in [-0.05, 0) is 42.5 Å². The third-order valence-corrected chi connectivity index (χ3v) is 5.91. The van der Waals surface area contributed by atoms with Crippen LogP contribution in [-0.2, 0) is 6.54 Å². The lowest BCUT2D eigenvalue weighted by molar-refractivity contribution is -0.510. The van der Waals surface area contributed by atoms with Gasteiger partial charge >= 0.3 is 5.63 Å². The number of ketones is 1. The first-order valence-corrected chi connectivity index (χ1v) is 10.7. The SMILES string of the molecule is COc1cccc2cc(C(=O)Cn3c(-c4ccc(Br)cc4)c[n+]4ccccc34)c(=O)oc12. The molecule has 5 rings (SSSR count). The van der Waals surface area contributed by atoms with Crippen molar-refractivity contribution < 1.29 is 18.3 Å². The Labute approximate surface area is 191 Å². The first kappa shape index (κ1) is 20.2. The number of Topliss-reactive ketones (excluding diaryl/α,β-unsaturated/α-hetero) is 1. The highest BCUT2D eigenvalue weighted by Crippen LogP contribution is 2.26. The molecule has 0 N–H and O–H groups in total. The molecule has 2 aromatic carbocycles. The van der Waals surface area contributed by atoms with E-state index >= 15 is 0 Å². The van der Waals surface area contributed by atoms with Crippen molar-refractivity contribution in [3.05, 3.63) is 99.6 Å². The third kappa shape index (κ3) is 3.50. The van der Waals surface area contributed by atoms with Crippen molar-refractivity contribution in [2.45, 2.75) is 6.54 Å². The third-order valence-electron chi connectivity index (χ3n) is 5.38. The van der Waals surface area contributed by atoms with Gasteiger partial charge in [-0.15, -0.1) is 0 Å². The number of carbonyl (C=O) groups is 1. The summed E-state index contributed by atoms with van der Waals surface area (Å²) < 4.78 is 15.5. The number of benzene rings is 2. The minimum absolute atomic E-state index is 0.00779. The molecule has 0 unspecified atom stereocenters. The van der Waals surface area contributed by atoms with E-state index in [-0.39, 0.29) is 17.9 Å². The Hall–Kier alpha value is -3.71. The lowest BCUT2D eigenvalue weighted by Crippen LogP contribution is -2.22. The molecule has 0 saturated carbocycles. The second-order valence-corrected chi connectivity index (χ2v) is 8.24. The Kier molecular flexibility index (Phi) is 5.11. The average molecular weight is 490 g/mol. The van der Waals surface area contributed by atoms with Crippen molar-refractivity contribution in [1.82, 2.24) is 4.57 Å². The minimum atomic E-state index is -0.679. The van der Waals surface area contributed by atoms with Gasteiger partial charge in [0.1, 0.15) is 11.8 Å². The number of aromatic nitrogens is 2. The quantitative estimate of drug-likeness (QED) is 0.204. The van der Waals surface area contributed by atoms with Gasteiger partial charge < -0.3 is 9.15 Å². The Balaban J connectivity index is 1.61. The molecule has 0 aliphatic carbocycles. The summed E-state index contributed by atoms with van der Waals surface area (Å²) in [5.74, 6) is 0.118. The summed E-state index contributed by atoms with van der Waals surface area (Å²) in [7, 11) is 1.51. The number of imidazole rings is 1. The smallest absolute Gasteiger partial charge is 0.347 e. The van der Waals surface area contributed by atoms with Crippen molar-refractivity contribution in [1.29, 1.82) is 0 Å². The van der Waals surface area contributed by atoms with Crippen LogP contribution in [0.5, 0.6) is 5.75 Å². The summed E-state index contributed by atoms with van der Waals surface area (Å²) in [5.41, 5.74) is 2.32. The van der Waals surface area contributed by atoms with Crippen LogP contribution in [0, 0.1) is 0 Å². The average Bonchev–Trinajstić information content (AvgIpc) is 3.17. The molecule has 6 nitrogen and oxygen atoms in total. The number of carbonyl (C=O) groups excluding carboxylic acids is 1. The number of hydrogen-bond donors (Lipinski definition) is 0. The maximum Gasteiger partial charge on any atom is 0.347 e. The van der Waals surface area contributed by atoms with Crippen LogP contribution in [0.25, 0.3) is 27.9 Å². The van der Waals surface area contributed by atoms with E-state index in [0.29, 0.717) is 16.7 Å². The Morgan fingerprint density at radius 1 is 1.09 bits per heavy atom. The highest BCUT2D eigenvalue weighted by Gasteiger charge is 2.24. The van der Waals surface area contributed by atoms with E-state index in [9.17, 15) is 9.59 Å². The number of methoxy groups -OCH3 is 1. The van der Waals surface area contributed by atoms with E-state index in [4.69, 9.17) is 9.15 Å². The van der Waals surface area contributed by atoms with E-state index in [1.807, 2.05) is 63.8 Å². The van der Waals surface area contributed by atoms with Gasteiger partial charge in [0, 0.05) is 21.5 Å². The number of fused-ring (bicyclic) bond motifs is 2. The van der Waals surface area contributed by atoms with Crippen LogP contribution in [-0.4, -0.2) is 17.5 Å². The van der Waals surface area contributed by atoms with E-state index in [0.717, 1.165) is 21.4 Å². The number of halogens is 1. The lowest BCUT2D eigenvalue weighted by atomic mass is 10.1. The molecule has 0 aliphatic rings. The van der Waals surface area contributed by atoms with Crippen LogP contribution in [0.1, 0.15) is 10.4 Å². The predicted octanol–water partition coefficient (Wildman–Crippen LogP) is 4.65. The molecule has 0 spiro atoms. The normalized spacial score (nSPS) is 11.2. The summed E-state index contributed by atoms with van der Waals surface area (Å²) in [5, 5.41) is 0.632. The topological polar surface area (TPSA) is 65.5 Å². The number of hydrogen-bond acceptors (Lipinski definition) is 4. The molecular formula is C25H18BrN2O4+. The molecule has 0 fully saturated rings. The fraction of sp³-hybridized carbons (Fsp3) is 0.0800. The molecule has 3 heterocycles. The van der Waals surface area contributed by atoms with Gasteiger partial charge in [0.2, 0.25) is 5.78 Å². The summed E-state index contributed by atoms with van der Waals surface area (Å²) in [6.07, 6.45) is 3.90. The van der Waals surface area contributed by atoms with Crippen LogP contribution >= 0.6 is 15.9 Å². The molecule has 0 radical (unpaired) electrons. The van der Waals surface area contributed by atoms with Crippen LogP contribution in [0.3, 0.4) is 0 Å². The number of ether oxygens (including phenoxy) is 1. The van der Waals surface area contributed by atoms with Crippen molar-refractivity contribution in [3.8, 4) is 17.0 Å². The van der Waals surface area contributed by atoms with Crippen LogP contribution in [0.15, 0.2) is 92.8 Å². The van der Waals surface area contributed by atoms with Crippen LogP contribution < -0.4 is 14.8 Å². The van der Waals surface area contributed by atoms with Gasteiger partial charge in [-0.1, -0.05) is 34.1 Å². The van der Waals surface area contributed by atoms with Crippen molar-refractivity contribution in [2.24, 2.45) is 0 Å². The van der Waals surface area contributed by atoms with Gasteiger partial charge in [0.05, 0.1) is 13.3 Å². The molecule has 158 valence electrons. The summed E-state index contributed by atoms with van der Waals surface area (Å²) in [4.78, 5) is 25.9. The maximum atomic E-state index is 13.3. The summed E-state index contributed by atoms with van der Waals surface area (Å²) in [6.45, 7) is -0.00779. The highest BCUT2D eigenvalue weighted by atomic mass is 79.9. The zero-order valence-electron chi connectivity index (χ0n) is 17.1. The van der Waals surface area contributed by atoms with E-state index in [1.54, 1.807) is 24.3 Å². The van der Waals surface area contributed by atoms with Gasteiger partial charge in [0.25, 0.3) is 5.65 Å². The van der Waals surface area contributed by atoms with E-state index < -0.39 is 5.63 Å². The van der Waals surface area contributed by atoms with Gasteiger partial charge in [-0.25, -0.2) is 13.8 Å². The Bertz CT molecular complexity index is 1530. The van der Waals surface area contributed by atoms with Crippen molar-refractivity contribution in [2.75, 3.05) is 7.11 Å². The predicted molar refractivity (Wildman–Crippen MR) is 124 cm³/mol. The fourth-order valence-corrected chi connectivity index (χ4v) is 4.09. The lowest BCUT2D eigenvalue weighted by Gasteiger charge is -2.06. The molecular weight excluding hydrogens is 472 g/mol. The van der Waals surface area contributed by atoms with Crippen LogP contribution in [0.2, 0.25) is 0 Å². The maximum absolute atomic E-state index is 13.3. The first-order chi connectivity index (χ1) is 15.5. The standard InChI is InChI=1S/C25H18BrN2O4/c1-31-22-6-4-5-17-13-19(25(30)32-24(17)22)21(29)15-28-20(16-8-10-18(26)11-9-16)14-27-12-3-2-7-23(27)28/h2-14H,15H2,1H3/q+1. The van der Waals surface area contributed by atoms with E-state index in [2.05, 4.69) is 15.9 Å². The molecule has 0 atom stereocenters. The molecule has 5 aromatic rings. The monoisotopic (exact) mass is 489 g/mol. The summed E-state index contributed by atoms with van der Waals surface area (Å²) >= 11 is 3.46. The van der Waals surface area contributed by atoms with Gasteiger partial charge in [-0.2, -0.15) is 0 Å². The van der Waals surface area contributed by atoms with Gasteiger partial charge in [0.15, 0.2) is 23.6 Å². The van der Waals surface area contributed by atoms with Gasteiger partial charge in [-0.3, -0.25) is 4.79 Å². The number of rotatable bonds is 5. The zero-order chi connectivity index (χ0) is 22.2. The second kappa shape index (κ2) is 8.09.